The van der Waals surface area contributed by atoms with Gasteiger partial charge in [-0.05, 0) is 57.0 Å². The second-order valence-corrected chi connectivity index (χ2v) is 10.7. The Morgan fingerprint density at radius 1 is 1.19 bits per heavy atom. The van der Waals surface area contributed by atoms with E-state index in [-0.39, 0.29) is 17.7 Å². The maximum Gasteiger partial charge on any atom is 0.251 e. The number of hydrogen-bond donors (Lipinski definition) is 1. The van der Waals surface area contributed by atoms with Gasteiger partial charge in [0.05, 0.1) is 24.6 Å². The molecular weight excluding hydrogens is 416 g/mol. The number of fused-ring (bicyclic) bond motifs is 1. The first-order valence-electron chi connectivity index (χ1n) is 10.5. The van der Waals surface area contributed by atoms with Gasteiger partial charge < -0.3 is 14.8 Å². The summed E-state index contributed by atoms with van der Waals surface area (Å²) in [6.07, 6.45) is 2.09. The molecule has 1 atom stereocenters. The van der Waals surface area contributed by atoms with Crippen LogP contribution < -0.4 is 19.1 Å². The molecule has 0 saturated carbocycles. The zero-order chi connectivity index (χ0) is 22.2. The summed E-state index contributed by atoms with van der Waals surface area (Å²) in [4.78, 5) is 13.1. The number of nitrogens with one attached hydrogen (secondary N) is 1. The molecule has 31 heavy (non-hydrogen) atoms. The second kappa shape index (κ2) is 8.07. The van der Waals surface area contributed by atoms with Gasteiger partial charge in [-0.2, -0.15) is 0 Å². The largest absolute Gasteiger partial charge is 0.497 e. The van der Waals surface area contributed by atoms with Crippen LogP contribution in [-0.4, -0.2) is 39.3 Å². The molecular formula is C23H28N2O5S. The Hall–Kier alpha value is -2.74. The molecule has 8 heteroatoms. The molecule has 0 radical (unpaired) electrons. The number of rotatable bonds is 4. The normalized spacial score (nSPS) is 21.5. The van der Waals surface area contributed by atoms with Crippen LogP contribution in [0.4, 0.5) is 5.69 Å². The predicted octanol–water partition coefficient (Wildman–Crippen LogP) is 3.66. The number of ether oxygens (including phenoxy) is 2. The zero-order valence-electron chi connectivity index (χ0n) is 18.1. The zero-order valence-corrected chi connectivity index (χ0v) is 18.9. The van der Waals surface area contributed by atoms with Gasteiger partial charge >= 0.3 is 0 Å². The lowest BCUT2D eigenvalue weighted by atomic mass is 9.89. The van der Waals surface area contributed by atoms with Crippen LogP contribution in [0.5, 0.6) is 11.5 Å². The molecule has 0 bridgehead atoms. The number of nitrogens with zero attached hydrogens (tertiary/aromatic N) is 1. The number of methoxy groups -OCH3 is 1. The van der Waals surface area contributed by atoms with Crippen LogP contribution in [0.15, 0.2) is 42.5 Å². The number of benzene rings is 2. The monoisotopic (exact) mass is 444 g/mol. The SMILES string of the molecule is COc1ccc2c(c1)OC(C)(C)C[C@@H]2NC(=O)c1cccc(N2CCCCS2(=O)=O)c1. The van der Waals surface area contributed by atoms with Crippen molar-refractivity contribution in [1.29, 1.82) is 0 Å². The molecule has 7 nitrogen and oxygen atoms in total. The van der Waals surface area contributed by atoms with Gasteiger partial charge in [0.1, 0.15) is 17.1 Å². The van der Waals surface area contributed by atoms with Gasteiger partial charge in [0, 0.05) is 30.2 Å². The number of hydrogen-bond acceptors (Lipinski definition) is 5. The average Bonchev–Trinajstić information content (AvgIpc) is 2.72. The topological polar surface area (TPSA) is 84.9 Å². The minimum Gasteiger partial charge on any atom is -0.497 e. The van der Waals surface area contributed by atoms with Gasteiger partial charge in [0.2, 0.25) is 10.0 Å². The van der Waals surface area contributed by atoms with E-state index in [9.17, 15) is 13.2 Å². The lowest BCUT2D eigenvalue weighted by Gasteiger charge is -2.38. The van der Waals surface area contributed by atoms with Crippen molar-refractivity contribution in [3.05, 3.63) is 53.6 Å². The van der Waals surface area contributed by atoms with Gasteiger partial charge in [0.25, 0.3) is 5.91 Å². The summed E-state index contributed by atoms with van der Waals surface area (Å²) in [6, 6.07) is 12.2. The van der Waals surface area contributed by atoms with Gasteiger partial charge in [-0.3, -0.25) is 9.10 Å². The molecule has 2 aromatic rings. The Balaban J connectivity index is 1.59. The van der Waals surface area contributed by atoms with Gasteiger partial charge in [0.15, 0.2) is 0 Å². The minimum atomic E-state index is -3.34. The van der Waals surface area contributed by atoms with E-state index < -0.39 is 15.6 Å². The highest BCUT2D eigenvalue weighted by Crippen LogP contribution is 2.41. The van der Waals surface area contributed by atoms with Crippen molar-refractivity contribution in [3.63, 3.8) is 0 Å². The van der Waals surface area contributed by atoms with Crippen LogP contribution in [0.3, 0.4) is 0 Å². The van der Waals surface area contributed by atoms with E-state index in [0.29, 0.717) is 42.1 Å². The summed E-state index contributed by atoms with van der Waals surface area (Å²) >= 11 is 0. The van der Waals surface area contributed by atoms with Crippen molar-refractivity contribution in [2.24, 2.45) is 0 Å². The number of sulfonamides is 1. The minimum absolute atomic E-state index is 0.140. The maximum absolute atomic E-state index is 13.1. The van der Waals surface area contributed by atoms with Crippen LogP contribution in [0.2, 0.25) is 0 Å². The first-order chi connectivity index (χ1) is 14.7. The van der Waals surface area contributed by atoms with E-state index in [0.717, 1.165) is 12.0 Å². The lowest BCUT2D eigenvalue weighted by Crippen LogP contribution is -2.41. The molecule has 2 heterocycles. The van der Waals surface area contributed by atoms with Crippen LogP contribution in [0.1, 0.15) is 55.1 Å². The average molecular weight is 445 g/mol. The van der Waals surface area contributed by atoms with E-state index in [1.807, 2.05) is 32.0 Å². The standard InChI is InChI=1S/C23H28N2O5S/c1-23(2)15-20(19-10-9-18(29-3)14-21(19)30-23)24-22(26)16-7-6-8-17(13-16)25-11-4-5-12-31(25,27)28/h6-10,13-14,20H,4-5,11-12,15H2,1-3H3,(H,24,26)/t20-/m0/s1. The molecule has 1 saturated heterocycles. The molecule has 1 amide bonds. The van der Waals surface area contributed by atoms with Gasteiger partial charge in [-0.1, -0.05) is 6.07 Å². The summed E-state index contributed by atoms with van der Waals surface area (Å²) < 4.78 is 37.7. The Kier molecular flexibility index (Phi) is 5.60. The third kappa shape index (κ3) is 4.49. The molecule has 1 fully saturated rings. The van der Waals surface area contributed by atoms with Gasteiger partial charge in [-0.15, -0.1) is 0 Å². The summed E-state index contributed by atoms with van der Waals surface area (Å²) in [6.45, 7) is 4.41. The van der Waals surface area contributed by atoms with Gasteiger partial charge in [-0.25, -0.2) is 8.42 Å². The van der Waals surface area contributed by atoms with E-state index in [1.165, 1.54) is 4.31 Å². The fraction of sp³-hybridized carbons (Fsp3) is 0.435. The highest BCUT2D eigenvalue weighted by Gasteiger charge is 2.35. The molecule has 2 aromatic carbocycles. The van der Waals surface area contributed by atoms with Crippen LogP contribution in [0, 0.1) is 0 Å². The first-order valence-corrected chi connectivity index (χ1v) is 12.1. The van der Waals surface area contributed by atoms with E-state index in [4.69, 9.17) is 9.47 Å². The number of carbonyl (C=O) groups excluding carboxylic acids is 1. The fourth-order valence-electron chi connectivity index (χ4n) is 4.21. The molecule has 0 unspecified atom stereocenters. The van der Waals surface area contributed by atoms with Crippen molar-refractivity contribution >= 4 is 21.6 Å². The third-order valence-electron chi connectivity index (χ3n) is 5.73. The Morgan fingerprint density at radius 2 is 2.00 bits per heavy atom. The lowest BCUT2D eigenvalue weighted by molar-refractivity contribution is 0.0617. The van der Waals surface area contributed by atoms with Crippen molar-refractivity contribution < 1.29 is 22.7 Å². The quantitative estimate of drug-likeness (QED) is 0.778. The molecule has 4 rings (SSSR count). The van der Waals surface area contributed by atoms with E-state index in [1.54, 1.807) is 31.4 Å². The Morgan fingerprint density at radius 3 is 2.74 bits per heavy atom. The first kappa shape index (κ1) is 21.5. The Labute approximate surface area is 183 Å². The highest BCUT2D eigenvalue weighted by atomic mass is 32.2. The van der Waals surface area contributed by atoms with Crippen molar-refractivity contribution in [3.8, 4) is 11.5 Å². The summed E-state index contributed by atoms with van der Waals surface area (Å²) in [5.41, 5.74) is 1.40. The molecule has 0 aliphatic carbocycles. The van der Waals surface area contributed by atoms with Crippen molar-refractivity contribution in [2.45, 2.75) is 44.8 Å². The third-order valence-corrected chi connectivity index (χ3v) is 7.60. The molecule has 2 aliphatic rings. The van der Waals surface area contributed by atoms with Crippen molar-refractivity contribution in [2.75, 3.05) is 23.7 Å². The summed E-state index contributed by atoms with van der Waals surface area (Å²) in [5.74, 6) is 1.27. The predicted molar refractivity (Wildman–Crippen MR) is 119 cm³/mol. The molecule has 2 aliphatic heterocycles. The highest BCUT2D eigenvalue weighted by molar-refractivity contribution is 7.92. The number of carbonyl (C=O) groups is 1. The maximum atomic E-state index is 13.1. The number of anilines is 1. The van der Waals surface area contributed by atoms with Crippen LogP contribution in [0.25, 0.3) is 0 Å². The Bertz CT molecular complexity index is 1100. The van der Waals surface area contributed by atoms with Crippen molar-refractivity contribution in [1.82, 2.24) is 5.32 Å². The van der Waals surface area contributed by atoms with E-state index >= 15 is 0 Å². The fourth-order valence-corrected chi connectivity index (χ4v) is 5.84. The van der Waals surface area contributed by atoms with Crippen LogP contribution in [-0.2, 0) is 10.0 Å². The summed E-state index contributed by atoms with van der Waals surface area (Å²) in [7, 11) is -1.73. The second-order valence-electron chi connectivity index (χ2n) is 8.64. The molecule has 1 N–H and O–H groups in total. The van der Waals surface area contributed by atoms with Crippen LogP contribution >= 0.6 is 0 Å². The molecule has 166 valence electrons. The number of amides is 1. The summed E-state index contributed by atoms with van der Waals surface area (Å²) in [5, 5.41) is 3.11. The molecule has 0 spiro atoms. The van der Waals surface area contributed by atoms with E-state index in [2.05, 4.69) is 5.32 Å². The smallest absolute Gasteiger partial charge is 0.251 e. The molecule has 0 aromatic heterocycles.